The van der Waals surface area contributed by atoms with E-state index in [-0.39, 0.29) is 98.4 Å². The highest BCUT2D eigenvalue weighted by atomic mass is 28.4. The lowest BCUT2D eigenvalue weighted by Gasteiger charge is -2.45. The lowest BCUT2D eigenvalue weighted by Crippen LogP contribution is -2.68. The number of aliphatic hydroxyl groups is 3. The standard InChI is InChI=1S/C34H51NO3Si2.C28H37NO3Si.C28H35NO3Si.C12H19NO3/c1-10-27(37-39(8,9)33(2,3)4)23-24-31-30(22-17-25-35)32(26-36-31)38-40(34(5,6)7,28-18-13-11-14-19-28)29-20-15-12-16-21-29;2*1-5-22(30)18-19-26-25(17-12-20-29)27(21-31-26)32-33(28(2,3)4,23-13-8-6-9-14-23)24-15-10-7-11-16-24;1-2-9(14)5-6-12-10(4-3-7-13)11(15)8-16-12/h11-16,18-21,23-24,27,30-32H,10,17,22,26H2,1-9H3;6-11,13-16,18-19,22,25-27,30H,5,12,17,21H2,1-4H3;6-11,13-16,18-19,25-27H,5,12,17,21H2,1-4H3;5-6,9-12,14-15H,2-4,8H2,1H3/b24-23+;2*19-18+;6-5+/t27-,30+,31+,32-;22-,25+,26+,27-;25-,26-,27+;9-,10-,11-,12+/m0010/s1. The second kappa shape index (κ2) is 48.2. The maximum atomic E-state index is 11.9. The summed E-state index contributed by atoms with van der Waals surface area (Å²) in [5.74, 6) is 0.232. The summed E-state index contributed by atoms with van der Waals surface area (Å²) >= 11 is 0. The van der Waals surface area contributed by atoms with Crippen LogP contribution in [-0.2, 0) is 41.4 Å². The van der Waals surface area contributed by atoms with Crippen LogP contribution < -0.4 is 31.1 Å². The van der Waals surface area contributed by atoms with Gasteiger partial charge in [-0.05, 0) is 115 Å². The van der Waals surface area contributed by atoms with Gasteiger partial charge in [-0.25, -0.2) is 0 Å². The van der Waals surface area contributed by atoms with Crippen LogP contribution in [-0.4, -0.2) is 148 Å². The van der Waals surface area contributed by atoms with Crippen molar-refractivity contribution in [2.45, 2.75) is 288 Å². The van der Waals surface area contributed by atoms with Crippen molar-refractivity contribution in [2.24, 2.45) is 23.7 Å². The number of ketones is 1. The van der Waals surface area contributed by atoms with E-state index in [1.807, 2.05) is 63.3 Å². The number of aliphatic hydroxyl groups excluding tert-OH is 3. The Morgan fingerprint density at radius 3 is 0.918 bits per heavy atom. The number of benzene rings is 6. The Morgan fingerprint density at radius 1 is 0.402 bits per heavy atom. The van der Waals surface area contributed by atoms with E-state index >= 15 is 0 Å². The highest BCUT2D eigenvalue weighted by molar-refractivity contribution is 7.00. The molecule has 6 aromatic carbocycles. The highest BCUT2D eigenvalue weighted by Gasteiger charge is 2.57. The van der Waals surface area contributed by atoms with Gasteiger partial charge in [-0.3, -0.25) is 4.79 Å². The van der Waals surface area contributed by atoms with Gasteiger partial charge >= 0.3 is 0 Å². The third kappa shape index (κ3) is 26.7. The van der Waals surface area contributed by atoms with Crippen LogP contribution in [0.15, 0.2) is 231 Å². The molecule has 658 valence electrons. The quantitative estimate of drug-likeness (QED) is 0.0193. The van der Waals surface area contributed by atoms with Crippen LogP contribution in [0, 0.1) is 69.0 Å². The first-order valence-electron chi connectivity index (χ1n) is 44.4. The SMILES string of the molecule is CCC(=O)/C=C/[C@H]1OC[C@H](O[Si](c2ccccc2)(c2ccccc2)C(C)(C)C)[C@@H]1CCC#N.CC[C@@H](/C=C/[C@H]1OC[C@H](O[Si](c2ccccc2)(c2ccccc2)C(C)(C)C)[C@@H]1CCC#N)O[Si](C)(C)C(C)(C)C.CC[C@H](O)/C=C/[C@H]1OC[C@H](O)[C@@H]1CCC#N.CC[C@H](O)/C=C/[C@H]1OC[C@H](O[Si](c2ccccc2)(c2ccccc2)C(C)(C)C)[C@@H]1CCC#N. The Hall–Kier alpha value is -7.66. The summed E-state index contributed by atoms with van der Waals surface area (Å²) in [6.45, 7) is 41.6. The Bertz CT molecular complexity index is 4250. The lowest BCUT2D eigenvalue weighted by atomic mass is 9.93. The molecule has 122 heavy (non-hydrogen) atoms. The number of hydrogen-bond donors (Lipinski definition) is 3. The van der Waals surface area contributed by atoms with Crippen molar-refractivity contribution >= 4 is 70.2 Å². The zero-order valence-corrected chi connectivity index (χ0v) is 80.2. The van der Waals surface area contributed by atoms with E-state index in [0.29, 0.717) is 90.6 Å². The fourth-order valence-electron chi connectivity index (χ4n) is 17.0. The second-order valence-electron chi connectivity index (χ2n) is 37.3. The molecule has 4 fully saturated rings. The summed E-state index contributed by atoms with van der Waals surface area (Å²) in [6.07, 6.45) is 20.0. The van der Waals surface area contributed by atoms with Crippen LogP contribution >= 0.6 is 0 Å². The lowest BCUT2D eigenvalue weighted by molar-refractivity contribution is -0.114. The van der Waals surface area contributed by atoms with Crippen LogP contribution in [0.4, 0.5) is 0 Å². The van der Waals surface area contributed by atoms with E-state index in [2.05, 4.69) is 297 Å². The van der Waals surface area contributed by atoms with Gasteiger partial charge in [0.1, 0.15) is 0 Å². The van der Waals surface area contributed by atoms with Crippen molar-refractivity contribution < 1.29 is 56.8 Å². The minimum absolute atomic E-state index is 0.0206. The zero-order chi connectivity index (χ0) is 89.4. The van der Waals surface area contributed by atoms with Crippen molar-refractivity contribution in [1.29, 1.82) is 21.0 Å². The van der Waals surface area contributed by atoms with Gasteiger partial charge in [0.2, 0.25) is 0 Å². The largest absolute Gasteiger partial charge is 0.411 e. The molecule has 0 radical (unpaired) electrons. The van der Waals surface area contributed by atoms with Gasteiger partial charge in [0.25, 0.3) is 25.0 Å². The number of hydrogen-bond acceptors (Lipinski definition) is 16. The molecule has 0 bridgehead atoms. The Morgan fingerprint density at radius 2 is 0.664 bits per heavy atom. The van der Waals surface area contributed by atoms with E-state index in [4.69, 9.17) is 41.9 Å². The third-order valence-electron chi connectivity index (χ3n) is 24.9. The molecule has 15 atom stereocenters. The van der Waals surface area contributed by atoms with Gasteiger partial charge < -0.3 is 52.0 Å². The van der Waals surface area contributed by atoms with Crippen LogP contribution in [0.25, 0.3) is 0 Å². The van der Waals surface area contributed by atoms with E-state index < -0.39 is 51.6 Å². The Balaban J connectivity index is 0.000000232. The van der Waals surface area contributed by atoms with E-state index in [0.717, 1.165) is 12.8 Å². The molecule has 0 amide bonds. The molecule has 0 aliphatic carbocycles. The van der Waals surface area contributed by atoms with Gasteiger partial charge in [0.05, 0.1) is 118 Å². The molecule has 4 saturated heterocycles. The molecular formula is C102H142N4O12Si4. The Labute approximate surface area is 736 Å². The second-order valence-corrected chi connectivity index (χ2v) is 54.8. The first-order chi connectivity index (χ1) is 58.1. The van der Waals surface area contributed by atoms with Gasteiger partial charge in [-0.1, -0.05) is 335 Å². The Kier molecular flexibility index (Phi) is 40.0. The highest BCUT2D eigenvalue weighted by Crippen LogP contribution is 2.46. The van der Waals surface area contributed by atoms with Crippen LogP contribution in [0.5, 0.6) is 0 Å². The van der Waals surface area contributed by atoms with Crippen molar-refractivity contribution in [1.82, 2.24) is 0 Å². The topological polar surface area (TPSA) is 247 Å². The average molecular weight is 1730 g/mol. The molecule has 3 N–H and O–H groups in total. The first-order valence-corrected chi connectivity index (χ1v) is 53.0. The van der Waals surface area contributed by atoms with Crippen molar-refractivity contribution in [3.05, 3.63) is 231 Å². The summed E-state index contributed by atoms with van der Waals surface area (Å²) in [5, 5.41) is 72.9. The number of ether oxygens (including phenoxy) is 4. The normalized spacial score (nSPS) is 23.0. The molecule has 4 heterocycles. The molecule has 4 aliphatic rings. The van der Waals surface area contributed by atoms with Gasteiger partial charge in [0.15, 0.2) is 14.1 Å². The molecule has 4 aliphatic heterocycles. The first kappa shape index (κ1) is 101. The number of rotatable bonds is 34. The fraction of sp³-hybridized carbons (Fsp3) is 0.520. The number of allylic oxidation sites excluding steroid dienone is 1. The van der Waals surface area contributed by atoms with Crippen molar-refractivity contribution in [2.75, 3.05) is 26.4 Å². The molecular weight excluding hydrogens is 1590 g/mol. The van der Waals surface area contributed by atoms with Crippen LogP contribution in [0.1, 0.15) is 188 Å². The summed E-state index contributed by atoms with van der Waals surface area (Å²) in [6, 6.07) is 72.9. The van der Waals surface area contributed by atoms with Gasteiger partial charge in [-0.15, -0.1) is 0 Å². The number of carbonyl (C=O) groups excluding carboxylic acids is 1. The molecule has 10 rings (SSSR count). The molecule has 0 unspecified atom stereocenters. The molecule has 16 nitrogen and oxygen atoms in total. The van der Waals surface area contributed by atoms with Crippen LogP contribution in [0.2, 0.25) is 33.2 Å². The van der Waals surface area contributed by atoms with E-state index in [1.165, 1.54) is 31.1 Å². The van der Waals surface area contributed by atoms with Gasteiger partial charge in [-0.2, -0.15) is 21.0 Å². The molecule has 0 spiro atoms. The number of carbonyl (C=O) groups is 1. The van der Waals surface area contributed by atoms with Crippen molar-refractivity contribution in [3.63, 3.8) is 0 Å². The average Bonchev–Trinajstić information content (AvgIpc) is 1.11. The van der Waals surface area contributed by atoms with Crippen LogP contribution in [0.3, 0.4) is 0 Å². The third-order valence-corrected chi connectivity index (χ3v) is 44.6. The summed E-state index contributed by atoms with van der Waals surface area (Å²) < 4.78 is 53.0. The minimum atomic E-state index is -2.74. The van der Waals surface area contributed by atoms with E-state index in [1.54, 1.807) is 18.2 Å². The predicted octanol–water partition coefficient (Wildman–Crippen LogP) is 18.0. The molecule has 0 saturated carbocycles. The predicted molar refractivity (Wildman–Crippen MR) is 503 cm³/mol. The minimum Gasteiger partial charge on any atom is -0.411 e. The summed E-state index contributed by atoms with van der Waals surface area (Å²) in [5.41, 5.74) is 0. The molecule has 6 aromatic rings. The van der Waals surface area contributed by atoms with Crippen molar-refractivity contribution in [3.8, 4) is 24.3 Å². The monoisotopic (exact) mass is 1730 g/mol. The smallest absolute Gasteiger partial charge is 0.261 e. The fourth-order valence-corrected chi connectivity index (χ4v) is 32.5. The summed E-state index contributed by atoms with van der Waals surface area (Å²) in [7, 11) is -10.1. The zero-order valence-electron chi connectivity index (χ0n) is 76.2. The molecule has 0 aromatic heterocycles. The van der Waals surface area contributed by atoms with Gasteiger partial charge in [0, 0.05) is 55.8 Å². The maximum absolute atomic E-state index is 11.9. The molecule has 20 heteroatoms. The summed E-state index contributed by atoms with van der Waals surface area (Å²) in [4.78, 5) is 11.9. The number of nitriles is 4. The maximum Gasteiger partial charge on any atom is 0.261 e. The number of nitrogens with zero attached hydrogens (tertiary/aromatic N) is 4. The van der Waals surface area contributed by atoms with E-state index in [9.17, 15) is 35.9 Å².